The number of carbonyl (C=O) groups excluding carboxylic acids is 1. The molecule has 0 aliphatic carbocycles. The Hall–Kier alpha value is -1.31. The van der Waals surface area contributed by atoms with E-state index < -0.39 is 0 Å². The summed E-state index contributed by atoms with van der Waals surface area (Å²) in [5, 5.41) is 0. The summed E-state index contributed by atoms with van der Waals surface area (Å²) < 4.78 is 5.81. The van der Waals surface area contributed by atoms with Gasteiger partial charge in [-0.05, 0) is 43.2 Å². The van der Waals surface area contributed by atoms with Gasteiger partial charge < -0.3 is 4.74 Å². The van der Waals surface area contributed by atoms with Gasteiger partial charge in [0.1, 0.15) is 6.10 Å². The molecule has 0 aromatic heterocycles. The van der Waals surface area contributed by atoms with Crippen molar-refractivity contribution in [2.75, 3.05) is 0 Å². The molecule has 0 radical (unpaired) electrons. The van der Waals surface area contributed by atoms with Gasteiger partial charge in [0.2, 0.25) is 0 Å². The predicted molar refractivity (Wildman–Crippen MR) is 97.6 cm³/mol. The fraction of sp³-hybridized carbons (Fsp3) is 0.667. The summed E-state index contributed by atoms with van der Waals surface area (Å²) in [5.41, 5.74) is 0.652. The largest absolute Gasteiger partial charge is 0.459 e. The molecule has 0 spiro atoms. The SMILES string of the molecule is CCCC[C@@H](CC)CC[C@@H](CC(C)C)OC(=O)c1ccccc1. The molecule has 0 aliphatic heterocycles. The van der Waals surface area contributed by atoms with Crippen molar-refractivity contribution >= 4 is 5.97 Å². The monoisotopic (exact) mass is 318 g/mol. The van der Waals surface area contributed by atoms with Gasteiger partial charge in [0.05, 0.1) is 5.56 Å². The van der Waals surface area contributed by atoms with E-state index in [1.165, 1.54) is 25.7 Å². The lowest BCUT2D eigenvalue weighted by molar-refractivity contribution is 0.0213. The van der Waals surface area contributed by atoms with Gasteiger partial charge in [-0.3, -0.25) is 0 Å². The highest BCUT2D eigenvalue weighted by Crippen LogP contribution is 2.23. The number of benzene rings is 1. The maximum atomic E-state index is 12.3. The van der Waals surface area contributed by atoms with Gasteiger partial charge in [-0.25, -0.2) is 4.79 Å². The Labute approximate surface area is 142 Å². The molecule has 0 amide bonds. The van der Waals surface area contributed by atoms with E-state index in [0.717, 1.165) is 25.2 Å². The fourth-order valence-corrected chi connectivity index (χ4v) is 3.01. The Kier molecular flexibility index (Phi) is 9.66. The first kappa shape index (κ1) is 19.7. The number of carbonyl (C=O) groups is 1. The molecule has 0 N–H and O–H groups in total. The third kappa shape index (κ3) is 8.20. The van der Waals surface area contributed by atoms with Crippen LogP contribution >= 0.6 is 0 Å². The van der Waals surface area contributed by atoms with Crippen molar-refractivity contribution in [1.29, 1.82) is 0 Å². The van der Waals surface area contributed by atoms with Crippen LogP contribution in [0.15, 0.2) is 30.3 Å². The number of hydrogen-bond acceptors (Lipinski definition) is 2. The Morgan fingerprint density at radius 1 is 1.04 bits per heavy atom. The molecule has 0 saturated heterocycles. The summed E-state index contributed by atoms with van der Waals surface area (Å²) in [6.45, 7) is 8.90. The molecule has 1 aromatic rings. The molecule has 0 bridgehead atoms. The van der Waals surface area contributed by atoms with Crippen molar-refractivity contribution in [1.82, 2.24) is 0 Å². The molecule has 0 aliphatic rings. The Bertz CT molecular complexity index is 425. The van der Waals surface area contributed by atoms with Crippen LogP contribution in [0, 0.1) is 11.8 Å². The van der Waals surface area contributed by atoms with Gasteiger partial charge in [-0.15, -0.1) is 0 Å². The Morgan fingerprint density at radius 3 is 2.30 bits per heavy atom. The molecule has 2 heteroatoms. The average molecular weight is 319 g/mol. The van der Waals surface area contributed by atoms with E-state index in [0.29, 0.717) is 11.5 Å². The zero-order valence-electron chi connectivity index (χ0n) is 15.4. The number of esters is 1. The van der Waals surface area contributed by atoms with E-state index in [1.54, 1.807) is 0 Å². The van der Waals surface area contributed by atoms with Gasteiger partial charge in [-0.1, -0.05) is 71.6 Å². The lowest BCUT2D eigenvalue weighted by Crippen LogP contribution is -2.21. The second-order valence-electron chi connectivity index (χ2n) is 7.02. The molecule has 130 valence electrons. The minimum absolute atomic E-state index is 0.0402. The van der Waals surface area contributed by atoms with E-state index >= 15 is 0 Å². The Morgan fingerprint density at radius 2 is 1.74 bits per heavy atom. The molecule has 0 unspecified atom stereocenters. The summed E-state index contributed by atoms with van der Waals surface area (Å²) in [6, 6.07) is 9.33. The number of hydrogen-bond donors (Lipinski definition) is 0. The van der Waals surface area contributed by atoms with Crippen molar-refractivity contribution in [3.05, 3.63) is 35.9 Å². The van der Waals surface area contributed by atoms with Crippen LogP contribution in [0.3, 0.4) is 0 Å². The van der Waals surface area contributed by atoms with Gasteiger partial charge in [0.25, 0.3) is 0 Å². The van der Waals surface area contributed by atoms with Crippen LogP contribution in [0.4, 0.5) is 0 Å². The average Bonchev–Trinajstić information content (AvgIpc) is 2.55. The van der Waals surface area contributed by atoms with Crippen LogP contribution in [0.1, 0.15) is 83.0 Å². The number of unbranched alkanes of at least 4 members (excludes halogenated alkanes) is 1. The van der Waals surface area contributed by atoms with Crippen molar-refractivity contribution < 1.29 is 9.53 Å². The molecule has 1 rings (SSSR count). The van der Waals surface area contributed by atoms with Gasteiger partial charge in [-0.2, -0.15) is 0 Å². The van der Waals surface area contributed by atoms with E-state index in [9.17, 15) is 4.79 Å². The fourth-order valence-electron chi connectivity index (χ4n) is 3.01. The third-order valence-electron chi connectivity index (χ3n) is 4.46. The number of ether oxygens (including phenoxy) is 1. The van der Waals surface area contributed by atoms with E-state index in [1.807, 2.05) is 30.3 Å². The standard InChI is InChI=1S/C21H34O2/c1-5-7-11-18(6-2)14-15-20(16-17(3)4)23-21(22)19-12-9-8-10-13-19/h8-10,12-13,17-18,20H,5-7,11,14-16H2,1-4H3/t18-,20+/m1/s1. The zero-order chi connectivity index (χ0) is 17.1. The predicted octanol–water partition coefficient (Wildman–Crippen LogP) is 6.25. The van der Waals surface area contributed by atoms with Crippen LogP contribution < -0.4 is 0 Å². The zero-order valence-corrected chi connectivity index (χ0v) is 15.4. The van der Waals surface area contributed by atoms with Crippen molar-refractivity contribution in [3.63, 3.8) is 0 Å². The minimum Gasteiger partial charge on any atom is -0.459 e. The third-order valence-corrected chi connectivity index (χ3v) is 4.46. The molecular weight excluding hydrogens is 284 g/mol. The lowest BCUT2D eigenvalue weighted by atomic mass is 9.91. The molecule has 23 heavy (non-hydrogen) atoms. The molecule has 2 atom stereocenters. The summed E-state index contributed by atoms with van der Waals surface area (Å²) in [4.78, 5) is 12.3. The summed E-state index contributed by atoms with van der Waals surface area (Å²) in [6.07, 6.45) is 8.22. The molecular formula is C21H34O2. The van der Waals surface area contributed by atoms with Crippen molar-refractivity contribution in [2.45, 2.75) is 78.7 Å². The summed E-state index contributed by atoms with van der Waals surface area (Å²) in [7, 11) is 0. The first-order chi connectivity index (χ1) is 11.1. The maximum absolute atomic E-state index is 12.3. The van der Waals surface area contributed by atoms with Crippen molar-refractivity contribution in [3.8, 4) is 0 Å². The molecule has 0 fully saturated rings. The van der Waals surface area contributed by atoms with Crippen LogP contribution in [0.5, 0.6) is 0 Å². The van der Waals surface area contributed by atoms with Gasteiger partial charge in [0.15, 0.2) is 0 Å². The lowest BCUT2D eigenvalue weighted by Gasteiger charge is -2.22. The highest BCUT2D eigenvalue weighted by atomic mass is 16.5. The quantitative estimate of drug-likeness (QED) is 0.450. The van der Waals surface area contributed by atoms with E-state index in [-0.39, 0.29) is 12.1 Å². The second-order valence-corrected chi connectivity index (χ2v) is 7.02. The number of rotatable bonds is 11. The summed E-state index contributed by atoms with van der Waals surface area (Å²) >= 11 is 0. The topological polar surface area (TPSA) is 26.3 Å². The van der Waals surface area contributed by atoms with Crippen LogP contribution in [0.25, 0.3) is 0 Å². The molecule has 2 nitrogen and oxygen atoms in total. The smallest absolute Gasteiger partial charge is 0.338 e. The molecule has 1 aromatic carbocycles. The highest BCUT2D eigenvalue weighted by Gasteiger charge is 2.19. The minimum atomic E-state index is -0.183. The normalized spacial score (nSPS) is 13.8. The Balaban J connectivity index is 2.56. The summed E-state index contributed by atoms with van der Waals surface area (Å²) in [5.74, 6) is 1.12. The van der Waals surface area contributed by atoms with E-state index in [2.05, 4.69) is 27.7 Å². The first-order valence-electron chi connectivity index (χ1n) is 9.32. The van der Waals surface area contributed by atoms with Gasteiger partial charge >= 0.3 is 5.97 Å². The highest BCUT2D eigenvalue weighted by molar-refractivity contribution is 5.89. The first-order valence-corrected chi connectivity index (χ1v) is 9.32. The van der Waals surface area contributed by atoms with Crippen LogP contribution in [0.2, 0.25) is 0 Å². The molecule has 0 heterocycles. The second kappa shape index (κ2) is 11.3. The molecule has 0 saturated carbocycles. The van der Waals surface area contributed by atoms with E-state index in [4.69, 9.17) is 4.74 Å². The maximum Gasteiger partial charge on any atom is 0.338 e. The van der Waals surface area contributed by atoms with Crippen molar-refractivity contribution in [2.24, 2.45) is 11.8 Å². The van der Waals surface area contributed by atoms with Crippen LogP contribution in [-0.2, 0) is 4.74 Å². The van der Waals surface area contributed by atoms with Crippen LogP contribution in [-0.4, -0.2) is 12.1 Å². The van der Waals surface area contributed by atoms with Gasteiger partial charge in [0, 0.05) is 0 Å².